The van der Waals surface area contributed by atoms with Crippen LogP contribution in [0.3, 0.4) is 0 Å². The molecule has 0 unspecified atom stereocenters. The third-order valence-electron chi connectivity index (χ3n) is 3.61. The summed E-state index contributed by atoms with van der Waals surface area (Å²) in [7, 11) is 0. The Morgan fingerprint density at radius 1 is 1.38 bits per heavy atom. The summed E-state index contributed by atoms with van der Waals surface area (Å²) in [5, 5.41) is 8.05. The van der Waals surface area contributed by atoms with E-state index < -0.39 is 5.41 Å². The summed E-state index contributed by atoms with van der Waals surface area (Å²) in [5.41, 5.74) is 2.39. The summed E-state index contributed by atoms with van der Waals surface area (Å²) in [5.74, 6) is -0.270. The molecule has 0 spiro atoms. The van der Waals surface area contributed by atoms with Crippen LogP contribution in [0.4, 0.5) is 10.8 Å². The lowest BCUT2D eigenvalue weighted by molar-refractivity contribution is -0.119. The number of hydrogen-bond donors (Lipinski definition) is 2. The zero-order chi connectivity index (χ0) is 15.2. The molecule has 1 aliphatic rings. The molecular formula is C15H15N3O2S. The molecule has 0 saturated carbocycles. The Hall–Kier alpha value is -2.21. The highest BCUT2D eigenvalue weighted by atomic mass is 32.1. The molecule has 5 nitrogen and oxygen atoms in total. The van der Waals surface area contributed by atoms with E-state index in [1.54, 1.807) is 18.2 Å². The Labute approximate surface area is 126 Å². The molecule has 3 rings (SSSR count). The van der Waals surface area contributed by atoms with Gasteiger partial charge in [0.25, 0.3) is 5.91 Å². The van der Waals surface area contributed by atoms with E-state index in [0.717, 1.165) is 16.9 Å². The lowest BCUT2D eigenvalue weighted by atomic mass is 9.85. The molecule has 0 saturated heterocycles. The smallest absolute Gasteiger partial charge is 0.257 e. The molecule has 2 amide bonds. The van der Waals surface area contributed by atoms with Crippen molar-refractivity contribution in [2.24, 2.45) is 0 Å². The molecule has 0 atom stereocenters. The van der Waals surface area contributed by atoms with E-state index in [2.05, 4.69) is 15.6 Å². The molecule has 1 aliphatic heterocycles. The molecule has 0 bridgehead atoms. The molecule has 0 radical (unpaired) electrons. The van der Waals surface area contributed by atoms with E-state index in [1.165, 1.54) is 11.3 Å². The van der Waals surface area contributed by atoms with Gasteiger partial charge in [0.1, 0.15) is 0 Å². The summed E-state index contributed by atoms with van der Waals surface area (Å²) in [4.78, 5) is 28.4. The largest absolute Gasteiger partial charge is 0.325 e. The van der Waals surface area contributed by atoms with Crippen LogP contribution in [-0.4, -0.2) is 16.8 Å². The van der Waals surface area contributed by atoms with Gasteiger partial charge in [-0.3, -0.25) is 14.9 Å². The van der Waals surface area contributed by atoms with E-state index >= 15 is 0 Å². The maximum Gasteiger partial charge on any atom is 0.257 e. The van der Waals surface area contributed by atoms with Crippen molar-refractivity contribution in [2.45, 2.75) is 26.2 Å². The molecular weight excluding hydrogens is 286 g/mol. The van der Waals surface area contributed by atoms with Gasteiger partial charge in [-0.15, -0.1) is 11.3 Å². The van der Waals surface area contributed by atoms with Gasteiger partial charge in [0.15, 0.2) is 5.13 Å². The first kappa shape index (κ1) is 13.8. The number of nitrogens with zero attached hydrogens (tertiary/aromatic N) is 1. The second-order valence-electron chi connectivity index (χ2n) is 5.59. The maximum atomic E-state index is 12.3. The minimum atomic E-state index is -0.622. The number of rotatable bonds is 2. The van der Waals surface area contributed by atoms with Crippen molar-refractivity contribution in [3.8, 4) is 0 Å². The summed E-state index contributed by atoms with van der Waals surface area (Å²) in [6.07, 6.45) is 0. The number of aromatic nitrogens is 1. The number of amides is 2. The molecule has 6 heteroatoms. The van der Waals surface area contributed by atoms with E-state index in [9.17, 15) is 9.59 Å². The average molecular weight is 301 g/mol. The van der Waals surface area contributed by atoms with Crippen LogP contribution in [0.2, 0.25) is 0 Å². The van der Waals surface area contributed by atoms with Crippen LogP contribution in [-0.2, 0) is 10.2 Å². The van der Waals surface area contributed by atoms with Gasteiger partial charge in [0.05, 0.1) is 11.1 Å². The summed E-state index contributed by atoms with van der Waals surface area (Å²) < 4.78 is 0. The third kappa shape index (κ3) is 2.31. The van der Waals surface area contributed by atoms with Gasteiger partial charge < -0.3 is 5.32 Å². The first-order chi connectivity index (χ1) is 9.88. The van der Waals surface area contributed by atoms with E-state index in [0.29, 0.717) is 10.7 Å². The van der Waals surface area contributed by atoms with Gasteiger partial charge in [-0.2, -0.15) is 0 Å². The van der Waals surface area contributed by atoms with Gasteiger partial charge in [0.2, 0.25) is 5.91 Å². The van der Waals surface area contributed by atoms with Crippen molar-refractivity contribution in [1.29, 1.82) is 0 Å². The summed E-state index contributed by atoms with van der Waals surface area (Å²) in [6, 6.07) is 5.24. The van der Waals surface area contributed by atoms with Crippen molar-refractivity contribution in [1.82, 2.24) is 4.98 Å². The molecule has 2 heterocycles. The molecule has 0 fully saturated rings. The lowest BCUT2D eigenvalue weighted by Gasteiger charge is -2.15. The van der Waals surface area contributed by atoms with Gasteiger partial charge in [-0.25, -0.2) is 4.98 Å². The lowest BCUT2D eigenvalue weighted by Crippen LogP contribution is -2.27. The Bertz CT molecular complexity index is 749. The highest BCUT2D eigenvalue weighted by molar-refractivity contribution is 7.13. The van der Waals surface area contributed by atoms with E-state index in [4.69, 9.17) is 0 Å². The quantitative estimate of drug-likeness (QED) is 0.896. The Morgan fingerprint density at radius 2 is 2.14 bits per heavy atom. The topological polar surface area (TPSA) is 71.1 Å². The number of thiazole rings is 1. The zero-order valence-corrected chi connectivity index (χ0v) is 12.8. The van der Waals surface area contributed by atoms with Gasteiger partial charge in [-0.05, 0) is 44.5 Å². The molecule has 21 heavy (non-hydrogen) atoms. The number of anilines is 2. The molecule has 1 aromatic carbocycles. The van der Waals surface area contributed by atoms with Gasteiger partial charge >= 0.3 is 0 Å². The van der Waals surface area contributed by atoms with Crippen molar-refractivity contribution in [3.63, 3.8) is 0 Å². The number of aryl methyl sites for hydroxylation is 1. The number of carbonyl (C=O) groups is 2. The van der Waals surface area contributed by atoms with Gasteiger partial charge in [-0.1, -0.05) is 0 Å². The normalized spacial score (nSPS) is 15.5. The van der Waals surface area contributed by atoms with Crippen LogP contribution in [0, 0.1) is 6.92 Å². The van der Waals surface area contributed by atoms with Crippen molar-refractivity contribution >= 4 is 34.0 Å². The molecule has 2 aromatic rings. The van der Waals surface area contributed by atoms with Crippen LogP contribution in [0.5, 0.6) is 0 Å². The van der Waals surface area contributed by atoms with Crippen LogP contribution in [0.25, 0.3) is 0 Å². The van der Waals surface area contributed by atoms with Gasteiger partial charge in [0, 0.05) is 16.6 Å². The Morgan fingerprint density at radius 3 is 2.81 bits per heavy atom. The van der Waals surface area contributed by atoms with Crippen LogP contribution >= 0.6 is 11.3 Å². The number of hydrogen-bond acceptors (Lipinski definition) is 4. The third-order valence-corrected chi connectivity index (χ3v) is 4.49. The number of fused-ring (bicyclic) bond motifs is 1. The van der Waals surface area contributed by atoms with E-state index in [-0.39, 0.29) is 11.8 Å². The first-order valence-electron chi connectivity index (χ1n) is 6.57. The molecule has 0 aliphatic carbocycles. The van der Waals surface area contributed by atoms with Crippen LogP contribution < -0.4 is 10.6 Å². The summed E-state index contributed by atoms with van der Waals surface area (Å²) >= 11 is 1.39. The molecule has 2 N–H and O–H groups in total. The fourth-order valence-corrected chi connectivity index (χ4v) is 2.98. The maximum absolute atomic E-state index is 12.3. The molecule has 108 valence electrons. The SMILES string of the molecule is Cc1csc(NC(=O)c2ccc3c(c2)C(C)(C)C(=O)N3)n1. The predicted octanol–water partition coefficient (Wildman–Crippen LogP) is 2.93. The Balaban J connectivity index is 1.89. The molecule has 1 aromatic heterocycles. The van der Waals surface area contributed by atoms with E-state index in [1.807, 2.05) is 26.2 Å². The second kappa shape index (κ2) is 4.66. The standard InChI is InChI=1S/C15H15N3O2S/c1-8-7-21-14(16-8)18-12(19)9-4-5-11-10(6-9)15(2,3)13(20)17-11/h4-7H,1-3H3,(H,17,20)(H,16,18,19). The minimum absolute atomic E-state index is 0.0504. The van der Waals surface area contributed by atoms with Crippen LogP contribution in [0.1, 0.15) is 35.5 Å². The minimum Gasteiger partial charge on any atom is -0.325 e. The average Bonchev–Trinajstić information content (AvgIpc) is 2.92. The van der Waals surface area contributed by atoms with Crippen molar-refractivity contribution in [2.75, 3.05) is 10.6 Å². The zero-order valence-electron chi connectivity index (χ0n) is 12.0. The highest BCUT2D eigenvalue weighted by Crippen LogP contribution is 2.37. The second-order valence-corrected chi connectivity index (χ2v) is 6.45. The number of nitrogens with one attached hydrogen (secondary N) is 2. The first-order valence-corrected chi connectivity index (χ1v) is 7.45. The fraction of sp³-hybridized carbons (Fsp3) is 0.267. The highest BCUT2D eigenvalue weighted by Gasteiger charge is 2.38. The number of carbonyl (C=O) groups excluding carboxylic acids is 2. The fourth-order valence-electron chi connectivity index (χ4n) is 2.29. The predicted molar refractivity (Wildman–Crippen MR) is 82.9 cm³/mol. The monoisotopic (exact) mass is 301 g/mol. The number of benzene rings is 1. The Kier molecular flexibility index (Phi) is 3.06. The van der Waals surface area contributed by atoms with Crippen molar-refractivity contribution in [3.05, 3.63) is 40.4 Å². The summed E-state index contributed by atoms with van der Waals surface area (Å²) in [6.45, 7) is 5.57. The van der Waals surface area contributed by atoms with Crippen molar-refractivity contribution < 1.29 is 9.59 Å². The van der Waals surface area contributed by atoms with Crippen LogP contribution in [0.15, 0.2) is 23.6 Å².